The summed E-state index contributed by atoms with van der Waals surface area (Å²) in [7, 11) is 1.52. The van der Waals surface area contributed by atoms with E-state index >= 15 is 0 Å². The average molecular weight is 332 g/mol. The molecule has 0 atom stereocenters. The van der Waals surface area contributed by atoms with Gasteiger partial charge >= 0.3 is 0 Å². The Hall–Kier alpha value is -2.91. The van der Waals surface area contributed by atoms with E-state index in [1.165, 1.54) is 19.6 Å². The van der Waals surface area contributed by atoms with Crippen molar-refractivity contribution in [2.75, 3.05) is 12.4 Å². The lowest BCUT2D eigenvalue weighted by atomic mass is 10.2. The fourth-order valence-corrected chi connectivity index (χ4v) is 1.99. The van der Waals surface area contributed by atoms with Gasteiger partial charge in [0, 0.05) is 11.9 Å². The highest BCUT2D eigenvalue weighted by Gasteiger charge is 2.09. The van der Waals surface area contributed by atoms with Crippen LogP contribution in [-0.4, -0.2) is 13.0 Å². The first-order valence-electron chi connectivity index (χ1n) is 6.65. The highest BCUT2D eigenvalue weighted by atomic mass is 35.5. The summed E-state index contributed by atoms with van der Waals surface area (Å²) < 4.78 is 10.2. The smallest absolute Gasteiger partial charge is 0.263 e. The second-order valence-electron chi connectivity index (χ2n) is 4.43. The van der Waals surface area contributed by atoms with Gasteiger partial charge in [0.25, 0.3) is 5.91 Å². The van der Waals surface area contributed by atoms with Gasteiger partial charge in [0.15, 0.2) is 0 Å². The molecule has 2 aromatic rings. The lowest BCUT2D eigenvalue weighted by Crippen LogP contribution is -2.24. The number of carbonyl (C=O) groups is 1. The van der Waals surface area contributed by atoms with E-state index < -0.39 is 5.91 Å². The molecule has 0 saturated carbocycles. The zero-order valence-electron chi connectivity index (χ0n) is 12.3. The first-order chi connectivity index (χ1) is 11.1. The molecule has 1 heterocycles. The first-order valence-corrected chi connectivity index (χ1v) is 7.02. The SMILES string of the molecule is COc1ccc(N/C=C(/C#N)C(=O)NCc2ccco2)cc1Cl. The molecule has 0 spiro atoms. The molecular formula is C16H14ClN3O3. The van der Waals surface area contributed by atoms with Gasteiger partial charge in [0.2, 0.25) is 0 Å². The van der Waals surface area contributed by atoms with Crippen molar-refractivity contribution in [1.82, 2.24) is 5.32 Å². The average Bonchev–Trinajstić information content (AvgIpc) is 3.07. The Morgan fingerprint density at radius 2 is 2.30 bits per heavy atom. The third-order valence-electron chi connectivity index (χ3n) is 2.90. The number of methoxy groups -OCH3 is 1. The Bertz CT molecular complexity index is 748. The number of anilines is 1. The van der Waals surface area contributed by atoms with Gasteiger partial charge in [-0.3, -0.25) is 4.79 Å². The molecule has 7 heteroatoms. The summed E-state index contributed by atoms with van der Waals surface area (Å²) >= 11 is 6.01. The standard InChI is InChI=1S/C16H14ClN3O3/c1-22-15-5-4-12(7-14(15)17)19-9-11(8-18)16(21)20-10-13-3-2-6-23-13/h2-7,9,19H,10H2,1H3,(H,20,21)/b11-9-. The summed E-state index contributed by atoms with van der Waals surface area (Å²) in [6.45, 7) is 0.208. The van der Waals surface area contributed by atoms with Crippen molar-refractivity contribution in [3.05, 3.63) is 59.2 Å². The van der Waals surface area contributed by atoms with E-state index in [2.05, 4.69) is 10.6 Å². The van der Waals surface area contributed by atoms with Crippen LogP contribution in [0.4, 0.5) is 5.69 Å². The third kappa shape index (κ3) is 4.53. The maximum absolute atomic E-state index is 11.9. The quantitative estimate of drug-likeness (QED) is 0.627. The fourth-order valence-electron chi connectivity index (χ4n) is 1.74. The van der Waals surface area contributed by atoms with Crippen LogP contribution in [0, 0.1) is 11.3 Å². The molecule has 0 unspecified atom stereocenters. The molecule has 1 aromatic carbocycles. The van der Waals surface area contributed by atoms with E-state index in [1.807, 2.05) is 6.07 Å². The molecule has 2 N–H and O–H groups in total. The largest absolute Gasteiger partial charge is 0.495 e. The third-order valence-corrected chi connectivity index (χ3v) is 3.20. The van der Waals surface area contributed by atoms with Crippen LogP contribution in [0.25, 0.3) is 0 Å². The van der Waals surface area contributed by atoms with Gasteiger partial charge in [0.05, 0.1) is 24.9 Å². The van der Waals surface area contributed by atoms with Crippen molar-refractivity contribution in [1.29, 1.82) is 5.26 Å². The molecular weight excluding hydrogens is 318 g/mol. The van der Waals surface area contributed by atoms with Gasteiger partial charge in [-0.05, 0) is 30.3 Å². The van der Waals surface area contributed by atoms with Crippen molar-refractivity contribution < 1.29 is 13.9 Å². The molecule has 118 valence electrons. The minimum atomic E-state index is -0.504. The van der Waals surface area contributed by atoms with E-state index in [-0.39, 0.29) is 12.1 Å². The number of amides is 1. The van der Waals surface area contributed by atoms with Crippen LogP contribution >= 0.6 is 11.6 Å². The van der Waals surface area contributed by atoms with Crippen LogP contribution in [0.15, 0.2) is 52.8 Å². The number of furan rings is 1. The van der Waals surface area contributed by atoms with E-state index in [0.717, 1.165) is 0 Å². The number of nitrogens with zero attached hydrogens (tertiary/aromatic N) is 1. The zero-order chi connectivity index (χ0) is 16.7. The number of benzene rings is 1. The van der Waals surface area contributed by atoms with Crippen LogP contribution in [-0.2, 0) is 11.3 Å². The van der Waals surface area contributed by atoms with Gasteiger partial charge in [0.1, 0.15) is 23.2 Å². The van der Waals surface area contributed by atoms with Crippen LogP contribution in [0.1, 0.15) is 5.76 Å². The van der Waals surface area contributed by atoms with Gasteiger partial charge in [-0.25, -0.2) is 0 Å². The van der Waals surface area contributed by atoms with Crippen molar-refractivity contribution in [3.8, 4) is 11.8 Å². The lowest BCUT2D eigenvalue weighted by molar-refractivity contribution is -0.117. The van der Waals surface area contributed by atoms with Crippen LogP contribution in [0.3, 0.4) is 0 Å². The molecule has 0 aliphatic carbocycles. The molecule has 0 bridgehead atoms. The van der Waals surface area contributed by atoms with Gasteiger partial charge < -0.3 is 19.8 Å². The Morgan fingerprint density at radius 3 is 2.91 bits per heavy atom. The second kappa shape index (κ2) is 7.92. The number of nitriles is 1. The van der Waals surface area contributed by atoms with Crippen LogP contribution in [0.2, 0.25) is 5.02 Å². The Labute approximate surface area is 138 Å². The summed E-state index contributed by atoms with van der Waals surface area (Å²) in [6, 6.07) is 10.3. The minimum absolute atomic E-state index is 0.0662. The number of rotatable bonds is 6. The fraction of sp³-hybridized carbons (Fsp3) is 0.125. The highest BCUT2D eigenvalue weighted by molar-refractivity contribution is 6.32. The van der Waals surface area contributed by atoms with E-state index in [4.69, 9.17) is 26.0 Å². The maximum Gasteiger partial charge on any atom is 0.263 e. The topological polar surface area (TPSA) is 87.3 Å². The molecule has 2 rings (SSSR count). The maximum atomic E-state index is 11.9. The van der Waals surface area contributed by atoms with Crippen molar-refractivity contribution in [2.24, 2.45) is 0 Å². The highest BCUT2D eigenvalue weighted by Crippen LogP contribution is 2.27. The number of halogens is 1. The van der Waals surface area contributed by atoms with E-state index in [0.29, 0.717) is 22.2 Å². The van der Waals surface area contributed by atoms with Crippen LogP contribution in [0.5, 0.6) is 5.75 Å². The monoisotopic (exact) mass is 331 g/mol. The molecule has 1 amide bonds. The summed E-state index contributed by atoms with van der Waals surface area (Å²) in [5.41, 5.74) is 0.561. The summed E-state index contributed by atoms with van der Waals surface area (Å²) in [5.74, 6) is 0.638. The van der Waals surface area contributed by atoms with Crippen LogP contribution < -0.4 is 15.4 Å². The Balaban J connectivity index is 1.99. The van der Waals surface area contributed by atoms with Crippen molar-refractivity contribution >= 4 is 23.2 Å². The molecule has 0 aliphatic heterocycles. The predicted molar refractivity (Wildman–Crippen MR) is 85.9 cm³/mol. The predicted octanol–water partition coefficient (Wildman–Crippen LogP) is 3.08. The van der Waals surface area contributed by atoms with Gasteiger partial charge in [-0.1, -0.05) is 11.6 Å². The van der Waals surface area contributed by atoms with E-state index in [9.17, 15) is 4.79 Å². The number of hydrogen-bond acceptors (Lipinski definition) is 5. The van der Waals surface area contributed by atoms with Gasteiger partial charge in [-0.15, -0.1) is 0 Å². The zero-order valence-corrected chi connectivity index (χ0v) is 13.1. The summed E-state index contributed by atoms with van der Waals surface area (Å²) in [6.07, 6.45) is 2.83. The summed E-state index contributed by atoms with van der Waals surface area (Å²) in [5, 5.41) is 14.9. The molecule has 0 saturated heterocycles. The van der Waals surface area contributed by atoms with E-state index in [1.54, 1.807) is 30.3 Å². The van der Waals surface area contributed by atoms with Crippen molar-refractivity contribution in [2.45, 2.75) is 6.54 Å². The second-order valence-corrected chi connectivity index (χ2v) is 4.83. The number of ether oxygens (including phenoxy) is 1. The Kier molecular flexibility index (Phi) is 5.67. The molecule has 1 aromatic heterocycles. The van der Waals surface area contributed by atoms with Crippen molar-refractivity contribution in [3.63, 3.8) is 0 Å². The molecule has 23 heavy (non-hydrogen) atoms. The minimum Gasteiger partial charge on any atom is -0.495 e. The Morgan fingerprint density at radius 1 is 1.48 bits per heavy atom. The molecule has 0 radical (unpaired) electrons. The number of nitrogens with one attached hydrogen (secondary N) is 2. The molecule has 0 fully saturated rings. The molecule has 0 aliphatic rings. The summed E-state index contributed by atoms with van der Waals surface area (Å²) in [4.78, 5) is 11.9. The molecule has 6 nitrogen and oxygen atoms in total. The number of carbonyl (C=O) groups excluding carboxylic acids is 1. The van der Waals surface area contributed by atoms with Gasteiger partial charge in [-0.2, -0.15) is 5.26 Å². The first kappa shape index (κ1) is 16.5. The number of hydrogen-bond donors (Lipinski definition) is 2. The normalized spacial score (nSPS) is 10.7. The lowest BCUT2D eigenvalue weighted by Gasteiger charge is -2.06.